The van der Waals surface area contributed by atoms with Gasteiger partial charge in [0.05, 0.1) is 25.4 Å². The van der Waals surface area contributed by atoms with Crippen LogP contribution in [0.1, 0.15) is 78.1 Å². The molecule has 0 radical (unpaired) electrons. The summed E-state index contributed by atoms with van der Waals surface area (Å²) in [5, 5.41) is 38.6. The molecule has 4 unspecified atom stereocenters. The molecule has 0 heterocycles. The summed E-state index contributed by atoms with van der Waals surface area (Å²) < 4.78 is 9.69. The van der Waals surface area contributed by atoms with Crippen LogP contribution in [0.25, 0.3) is 0 Å². The van der Waals surface area contributed by atoms with Crippen LogP contribution in [0.3, 0.4) is 0 Å². The Balaban J connectivity index is 3.90. The maximum absolute atomic E-state index is 11.7. The van der Waals surface area contributed by atoms with Crippen LogP contribution in [0.2, 0.25) is 0 Å². The lowest BCUT2D eigenvalue weighted by Gasteiger charge is -2.16. The summed E-state index contributed by atoms with van der Waals surface area (Å²) in [6.07, 6.45) is 2.13. The first-order chi connectivity index (χ1) is 13.3. The van der Waals surface area contributed by atoms with Crippen LogP contribution in [0.4, 0.5) is 0 Å². The molecule has 0 rings (SSSR count). The monoisotopic (exact) mass is 406 g/mol. The topological polar surface area (TPSA) is 134 Å². The zero-order chi connectivity index (χ0) is 21.4. The summed E-state index contributed by atoms with van der Waals surface area (Å²) >= 11 is 0. The SMILES string of the molecule is CCCC(O)CCCCOC(=O)C(O)C(O)C(=O)OCCCCC(O)CCC. The molecule has 28 heavy (non-hydrogen) atoms. The molecule has 0 aromatic carbocycles. The average molecular weight is 407 g/mol. The molecular weight excluding hydrogens is 368 g/mol. The Morgan fingerprint density at radius 2 is 1.00 bits per heavy atom. The van der Waals surface area contributed by atoms with Gasteiger partial charge in [-0.05, 0) is 51.4 Å². The molecular formula is C20H38O8. The third-order valence-corrected chi connectivity index (χ3v) is 4.38. The van der Waals surface area contributed by atoms with Gasteiger partial charge in [0.1, 0.15) is 0 Å². The number of aliphatic hydroxyl groups is 4. The number of hydrogen-bond donors (Lipinski definition) is 4. The molecule has 0 aliphatic heterocycles. The van der Waals surface area contributed by atoms with E-state index in [1.807, 2.05) is 13.8 Å². The van der Waals surface area contributed by atoms with Gasteiger partial charge in [-0.25, -0.2) is 9.59 Å². The minimum absolute atomic E-state index is 0.0383. The lowest BCUT2D eigenvalue weighted by molar-refractivity contribution is -0.173. The van der Waals surface area contributed by atoms with E-state index in [4.69, 9.17) is 9.47 Å². The highest BCUT2D eigenvalue weighted by atomic mass is 16.6. The highest BCUT2D eigenvalue weighted by Crippen LogP contribution is 2.09. The van der Waals surface area contributed by atoms with Crippen molar-refractivity contribution in [2.45, 2.75) is 102 Å². The Morgan fingerprint density at radius 1 is 0.643 bits per heavy atom. The first-order valence-corrected chi connectivity index (χ1v) is 10.4. The van der Waals surface area contributed by atoms with E-state index < -0.39 is 24.1 Å². The molecule has 0 aromatic rings. The molecule has 4 N–H and O–H groups in total. The van der Waals surface area contributed by atoms with Crippen LogP contribution in [0.5, 0.6) is 0 Å². The summed E-state index contributed by atoms with van der Waals surface area (Å²) in [5.74, 6) is -2.16. The van der Waals surface area contributed by atoms with Crippen molar-refractivity contribution >= 4 is 11.9 Å². The number of carbonyl (C=O) groups excluding carboxylic acids is 2. The van der Waals surface area contributed by atoms with Gasteiger partial charge in [-0.1, -0.05) is 26.7 Å². The van der Waals surface area contributed by atoms with Crippen LogP contribution >= 0.6 is 0 Å². The predicted octanol–water partition coefficient (Wildman–Crippen LogP) is 1.46. The Labute approximate surface area is 167 Å². The molecule has 8 nitrogen and oxygen atoms in total. The molecule has 0 aromatic heterocycles. The Kier molecular flexibility index (Phi) is 16.0. The molecule has 0 aliphatic rings. The maximum atomic E-state index is 11.7. The molecule has 0 saturated heterocycles. The lowest BCUT2D eigenvalue weighted by Crippen LogP contribution is -2.41. The molecule has 0 bridgehead atoms. The quantitative estimate of drug-likeness (QED) is 0.211. The maximum Gasteiger partial charge on any atom is 0.338 e. The van der Waals surface area contributed by atoms with Crippen molar-refractivity contribution in [1.82, 2.24) is 0 Å². The summed E-state index contributed by atoms with van der Waals surface area (Å²) in [7, 11) is 0. The van der Waals surface area contributed by atoms with Gasteiger partial charge in [-0.15, -0.1) is 0 Å². The van der Waals surface area contributed by atoms with Crippen LogP contribution in [0, 0.1) is 0 Å². The number of ether oxygens (including phenoxy) is 2. The van der Waals surface area contributed by atoms with Gasteiger partial charge >= 0.3 is 11.9 Å². The molecule has 0 saturated carbocycles. The van der Waals surface area contributed by atoms with Crippen molar-refractivity contribution in [3.8, 4) is 0 Å². The lowest BCUT2D eigenvalue weighted by atomic mass is 10.1. The standard InChI is InChI=1S/C20H38O8/c1-3-9-15(21)11-5-7-13-27-19(25)17(23)18(24)20(26)28-14-8-6-12-16(22)10-4-2/h15-18,21-24H,3-14H2,1-2H3. The second-order valence-corrected chi connectivity index (χ2v) is 7.10. The molecule has 0 amide bonds. The zero-order valence-corrected chi connectivity index (χ0v) is 17.2. The summed E-state index contributed by atoms with van der Waals surface area (Å²) in [5.41, 5.74) is 0. The van der Waals surface area contributed by atoms with E-state index in [2.05, 4.69) is 0 Å². The number of carbonyl (C=O) groups is 2. The Bertz CT molecular complexity index is 377. The van der Waals surface area contributed by atoms with Crippen LogP contribution in [0.15, 0.2) is 0 Å². The van der Waals surface area contributed by atoms with Crippen LogP contribution < -0.4 is 0 Å². The van der Waals surface area contributed by atoms with E-state index >= 15 is 0 Å². The fourth-order valence-electron chi connectivity index (χ4n) is 2.69. The van der Waals surface area contributed by atoms with E-state index in [-0.39, 0.29) is 25.4 Å². The minimum Gasteiger partial charge on any atom is -0.464 e. The van der Waals surface area contributed by atoms with Gasteiger partial charge in [-0.3, -0.25) is 0 Å². The molecule has 0 fully saturated rings. The van der Waals surface area contributed by atoms with E-state index in [0.717, 1.165) is 25.7 Å². The summed E-state index contributed by atoms with van der Waals surface area (Å²) in [4.78, 5) is 23.4. The minimum atomic E-state index is -2.00. The number of rotatable bonds is 17. The summed E-state index contributed by atoms with van der Waals surface area (Å²) in [6.45, 7) is 4.05. The smallest absolute Gasteiger partial charge is 0.338 e. The van der Waals surface area contributed by atoms with E-state index in [9.17, 15) is 30.0 Å². The highest BCUT2D eigenvalue weighted by molar-refractivity contribution is 5.85. The molecule has 0 spiro atoms. The van der Waals surface area contributed by atoms with Gasteiger partial charge in [-0.2, -0.15) is 0 Å². The van der Waals surface area contributed by atoms with Gasteiger partial charge < -0.3 is 29.9 Å². The van der Waals surface area contributed by atoms with Gasteiger partial charge in [0, 0.05) is 0 Å². The van der Waals surface area contributed by atoms with Crippen molar-refractivity contribution in [2.24, 2.45) is 0 Å². The second-order valence-electron chi connectivity index (χ2n) is 7.10. The first kappa shape index (κ1) is 26.8. The highest BCUT2D eigenvalue weighted by Gasteiger charge is 2.32. The van der Waals surface area contributed by atoms with Crippen molar-refractivity contribution < 1.29 is 39.5 Å². The first-order valence-electron chi connectivity index (χ1n) is 10.4. The van der Waals surface area contributed by atoms with Crippen LogP contribution in [-0.2, 0) is 19.1 Å². The predicted molar refractivity (Wildman–Crippen MR) is 103 cm³/mol. The van der Waals surface area contributed by atoms with E-state index in [1.54, 1.807) is 0 Å². The largest absolute Gasteiger partial charge is 0.464 e. The molecule has 166 valence electrons. The number of hydrogen-bond acceptors (Lipinski definition) is 8. The number of esters is 2. The molecule has 0 aliphatic carbocycles. The van der Waals surface area contributed by atoms with E-state index in [1.165, 1.54) is 0 Å². The van der Waals surface area contributed by atoms with Gasteiger partial charge in [0.25, 0.3) is 0 Å². The fourth-order valence-corrected chi connectivity index (χ4v) is 2.69. The van der Waals surface area contributed by atoms with E-state index in [0.29, 0.717) is 38.5 Å². The Hall–Kier alpha value is -1.22. The van der Waals surface area contributed by atoms with Gasteiger partial charge in [0.2, 0.25) is 0 Å². The van der Waals surface area contributed by atoms with Crippen molar-refractivity contribution in [3.05, 3.63) is 0 Å². The van der Waals surface area contributed by atoms with Gasteiger partial charge in [0.15, 0.2) is 12.2 Å². The second kappa shape index (κ2) is 16.7. The Morgan fingerprint density at radius 3 is 1.32 bits per heavy atom. The number of unbranched alkanes of at least 4 members (excludes halogenated alkanes) is 2. The fraction of sp³-hybridized carbons (Fsp3) is 0.900. The third-order valence-electron chi connectivity index (χ3n) is 4.38. The van der Waals surface area contributed by atoms with Crippen molar-refractivity contribution in [1.29, 1.82) is 0 Å². The normalized spacial score (nSPS) is 15.5. The van der Waals surface area contributed by atoms with Crippen LogP contribution in [-0.4, -0.2) is 70.0 Å². The summed E-state index contributed by atoms with van der Waals surface area (Å²) in [6, 6.07) is 0. The average Bonchev–Trinajstić information content (AvgIpc) is 2.66. The molecule has 8 heteroatoms. The van der Waals surface area contributed by atoms with Crippen molar-refractivity contribution in [2.75, 3.05) is 13.2 Å². The number of aliphatic hydroxyl groups excluding tert-OH is 4. The zero-order valence-electron chi connectivity index (χ0n) is 17.2. The van der Waals surface area contributed by atoms with Crippen molar-refractivity contribution in [3.63, 3.8) is 0 Å². The third kappa shape index (κ3) is 13.0. The molecule has 4 atom stereocenters.